The fraction of sp³-hybridized carbons (Fsp3) is 0.167. The van der Waals surface area contributed by atoms with Crippen LogP contribution >= 0.6 is 0 Å². The monoisotopic (exact) mass is 217 g/mol. The van der Waals surface area contributed by atoms with Crippen LogP contribution in [0.5, 0.6) is 0 Å². The molecular weight excluding hydrogens is 209 g/mol. The zero-order valence-electron chi connectivity index (χ0n) is 8.58. The van der Waals surface area contributed by atoms with E-state index in [-0.39, 0.29) is 17.5 Å². The van der Waals surface area contributed by atoms with E-state index in [4.69, 9.17) is 5.26 Å². The predicted octanol–water partition coefficient (Wildman–Crippen LogP) is 1.61. The third-order valence-corrected chi connectivity index (χ3v) is 1.81. The van der Waals surface area contributed by atoms with Crippen molar-refractivity contribution < 1.29 is 13.9 Å². The minimum absolute atomic E-state index is 0.0854. The highest BCUT2D eigenvalue weighted by atomic mass is 19.1. The van der Waals surface area contributed by atoms with Crippen LogP contribution in [0.1, 0.15) is 17.5 Å². The molecule has 0 amide bonds. The van der Waals surface area contributed by atoms with Crippen LogP contribution in [-0.4, -0.2) is 13.1 Å². The molecular formula is C12H8FNO2. The van der Waals surface area contributed by atoms with Crippen LogP contribution in [0.4, 0.5) is 4.39 Å². The Balaban J connectivity index is 2.94. The zero-order valence-corrected chi connectivity index (χ0v) is 8.58. The van der Waals surface area contributed by atoms with Gasteiger partial charge in [-0.05, 0) is 12.1 Å². The number of ether oxygens (including phenoxy) is 1. The number of benzene rings is 1. The van der Waals surface area contributed by atoms with Crippen molar-refractivity contribution in [3.63, 3.8) is 0 Å². The number of carbonyl (C=O) groups is 1. The van der Waals surface area contributed by atoms with Gasteiger partial charge in [0.05, 0.1) is 7.11 Å². The molecule has 80 valence electrons. The second kappa shape index (κ2) is 5.53. The maximum absolute atomic E-state index is 13.1. The van der Waals surface area contributed by atoms with Crippen LogP contribution in [0.3, 0.4) is 0 Å². The Morgan fingerprint density at radius 3 is 2.94 bits per heavy atom. The molecule has 1 rings (SSSR count). The van der Waals surface area contributed by atoms with Crippen molar-refractivity contribution in [3.8, 4) is 17.9 Å². The second-order valence-corrected chi connectivity index (χ2v) is 2.83. The minimum Gasteiger partial charge on any atom is -0.468 e. The molecule has 0 N–H and O–H groups in total. The molecule has 0 fully saturated rings. The third kappa shape index (κ3) is 2.83. The SMILES string of the molecule is COC(=O)CC#Cc1cccc(F)c1C#N. The van der Waals surface area contributed by atoms with E-state index >= 15 is 0 Å². The van der Waals surface area contributed by atoms with E-state index in [1.807, 2.05) is 0 Å². The first kappa shape index (κ1) is 11.7. The smallest absolute Gasteiger partial charge is 0.317 e. The lowest BCUT2D eigenvalue weighted by Gasteiger charge is -1.95. The van der Waals surface area contributed by atoms with Gasteiger partial charge in [0.25, 0.3) is 0 Å². The number of methoxy groups -OCH3 is 1. The van der Waals surface area contributed by atoms with Gasteiger partial charge in [0.2, 0.25) is 0 Å². The number of halogens is 1. The number of nitrogens with zero attached hydrogens (tertiary/aromatic N) is 1. The Bertz CT molecular complexity index is 506. The summed E-state index contributed by atoms with van der Waals surface area (Å²) in [4.78, 5) is 10.8. The van der Waals surface area contributed by atoms with Crippen LogP contribution < -0.4 is 0 Å². The Kier molecular flexibility index (Phi) is 4.06. The molecule has 0 saturated carbocycles. The van der Waals surface area contributed by atoms with Gasteiger partial charge >= 0.3 is 5.97 Å². The van der Waals surface area contributed by atoms with Crippen molar-refractivity contribution in [2.24, 2.45) is 0 Å². The molecule has 16 heavy (non-hydrogen) atoms. The van der Waals surface area contributed by atoms with Crippen molar-refractivity contribution in [2.45, 2.75) is 6.42 Å². The molecule has 0 aliphatic rings. The van der Waals surface area contributed by atoms with Crippen LogP contribution in [0, 0.1) is 29.0 Å². The summed E-state index contributed by atoms with van der Waals surface area (Å²) in [5.41, 5.74) is 0.159. The molecule has 0 aliphatic heterocycles. The number of hydrogen-bond acceptors (Lipinski definition) is 3. The number of hydrogen-bond donors (Lipinski definition) is 0. The Morgan fingerprint density at radius 2 is 2.31 bits per heavy atom. The zero-order chi connectivity index (χ0) is 12.0. The second-order valence-electron chi connectivity index (χ2n) is 2.83. The summed E-state index contributed by atoms with van der Waals surface area (Å²) in [5, 5.41) is 8.70. The molecule has 0 bridgehead atoms. The number of nitriles is 1. The first-order valence-electron chi connectivity index (χ1n) is 4.43. The molecule has 1 aromatic carbocycles. The number of carbonyl (C=O) groups excluding carboxylic acids is 1. The van der Waals surface area contributed by atoms with E-state index in [1.54, 1.807) is 6.07 Å². The molecule has 4 heteroatoms. The normalized spacial score (nSPS) is 8.56. The fourth-order valence-corrected chi connectivity index (χ4v) is 1.03. The van der Waals surface area contributed by atoms with E-state index < -0.39 is 11.8 Å². The summed E-state index contributed by atoms with van der Waals surface area (Å²) < 4.78 is 17.5. The lowest BCUT2D eigenvalue weighted by molar-refractivity contribution is -0.139. The van der Waals surface area contributed by atoms with Crippen molar-refractivity contribution in [2.75, 3.05) is 7.11 Å². The standard InChI is InChI=1S/C12H8FNO2/c1-16-12(15)7-3-5-9-4-2-6-11(13)10(9)8-14/h2,4,6H,7H2,1H3. The first-order valence-corrected chi connectivity index (χ1v) is 4.43. The van der Waals surface area contributed by atoms with E-state index in [0.29, 0.717) is 0 Å². The Hall–Kier alpha value is -2.33. The molecule has 1 aromatic rings. The molecule has 0 saturated heterocycles. The van der Waals surface area contributed by atoms with E-state index in [0.717, 1.165) is 0 Å². The quantitative estimate of drug-likeness (QED) is 0.530. The van der Waals surface area contributed by atoms with Gasteiger partial charge in [-0.15, -0.1) is 0 Å². The molecule has 0 spiro atoms. The van der Waals surface area contributed by atoms with Gasteiger partial charge in [-0.3, -0.25) is 4.79 Å². The average Bonchev–Trinajstić information content (AvgIpc) is 2.29. The summed E-state index contributed by atoms with van der Waals surface area (Å²) in [6, 6.07) is 5.88. The van der Waals surface area contributed by atoms with Gasteiger partial charge in [-0.2, -0.15) is 5.26 Å². The van der Waals surface area contributed by atoms with Gasteiger partial charge in [0, 0.05) is 5.56 Å². The average molecular weight is 217 g/mol. The van der Waals surface area contributed by atoms with Crippen molar-refractivity contribution in [1.29, 1.82) is 5.26 Å². The highest BCUT2D eigenvalue weighted by Crippen LogP contribution is 2.10. The van der Waals surface area contributed by atoms with Gasteiger partial charge in [0.1, 0.15) is 23.9 Å². The lowest BCUT2D eigenvalue weighted by atomic mass is 10.1. The van der Waals surface area contributed by atoms with Gasteiger partial charge in [0.15, 0.2) is 0 Å². The Morgan fingerprint density at radius 1 is 1.56 bits per heavy atom. The maximum atomic E-state index is 13.1. The van der Waals surface area contributed by atoms with Crippen LogP contribution in [0.25, 0.3) is 0 Å². The molecule has 0 radical (unpaired) electrons. The van der Waals surface area contributed by atoms with Crippen molar-refractivity contribution in [3.05, 3.63) is 35.1 Å². The van der Waals surface area contributed by atoms with Gasteiger partial charge in [-0.1, -0.05) is 17.9 Å². The van der Waals surface area contributed by atoms with Gasteiger partial charge in [-0.25, -0.2) is 4.39 Å². The summed E-state index contributed by atoms with van der Waals surface area (Å²) in [7, 11) is 1.26. The maximum Gasteiger partial charge on any atom is 0.317 e. The summed E-state index contributed by atoms with van der Waals surface area (Å²) in [5.74, 6) is 3.98. The van der Waals surface area contributed by atoms with Crippen LogP contribution in [0.15, 0.2) is 18.2 Å². The molecule has 0 unspecified atom stereocenters. The van der Waals surface area contributed by atoms with Crippen LogP contribution in [-0.2, 0) is 9.53 Å². The molecule has 0 atom stereocenters. The highest BCUT2D eigenvalue weighted by molar-refractivity contribution is 5.72. The van der Waals surface area contributed by atoms with E-state index in [2.05, 4.69) is 16.6 Å². The highest BCUT2D eigenvalue weighted by Gasteiger charge is 2.04. The molecule has 0 aromatic heterocycles. The molecule has 0 heterocycles. The predicted molar refractivity (Wildman–Crippen MR) is 54.6 cm³/mol. The van der Waals surface area contributed by atoms with Crippen molar-refractivity contribution >= 4 is 5.97 Å². The minimum atomic E-state index is -0.618. The van der Waals surface area contributed by atoms with E-state index in [9.17, 15) is 9.18 Å². The third-order valence-electron chi connectivity index (χ3n) is 1.81. The number of esters is 1. The molecule has 3 nitrogen and oxygen atoms in total. The molecule has 0 aliphatic carbocycles. The van der Waals surface area contributed by atoms with Gasteiger partial charge < -0.3 is 4.74 Å². The summed E-state index contributed by atoms with van der Waals surface area (Å²) >= 11 is 0. The largest absolute Gasteiger partial charge is 0.468 e. The van der Waals surface area contributed by atoms with Crippen LogP contribution in [0.2, 0.25) is 0 Å². The lowest BCUT2D eigenvalue weighted by Crippen LogP contribution is -1.97. The van der Waals surface area contributed by atoms with Crippen molar-refractivity contribution in [1.82, 2.24) is 0 Å². The topological polar surface area (TPSA) is 50.1 Å². The Labute approximate surface area is 92.5 Å². The summed E-state index contributed by atoms with van der Waals surface area (Å²) in [6.07, 6.45) is -0.0854. The summed E-state index contributed by atoms with van der Waals surface area (Å²) in [6.45, 7) is 0. The van der Waals surface area contributed by atoms with E-state index in [1.165, 1.54) is 25.3 Å². The first-order chi connectivity index (χ1) is 7.69. The fourth-order valence-electron chi connectivity index (χ4n) is 1.03. The number of rotatable bonds is 1.